The van der Waals surface area contributed by atoms with E-state index in [2.05, 4.69) is 20.8 Å². The predicted octanol–water partition coefficient (Wildman–Crippen LogP) is 11.1. The highest BCUT2D eigenvalue weighted by Crippen LogP contribution is 2.16. The Hall–Kier alpha value is -1.19. The molecule has 0 saturated heterocycles. The summed E-state index contributed by atoms with van der Waals surface area (Å²) in [5.74, 6) is 0. The molecule has 276 valence electrons. The summed E-state index contributed by atoms with van der Waals surface area (Å²) in [7, 11) is 0. The maximum atomic E-state index is 11.6. The SMILES string of the molecule is CCCCCCCCCCCCCCCC.CCCCCCCCCCCCCCCCCC[N+](C=O)(C=O)Cc1ccccc1.[Cl-]. The van der Waals surface area contributed by atoms with E-state index in [0.717, 1.165) is 31.2 Å². The van der Waals surface area contributed by atoms with Crippen LogP contribution in [0.15, 0.2) is 30.3 Å². The van der Waals surface area contributed by atoms with Crippen LogP contribution >= 0.6 is 0 Å². The van der Waals surface area contributed by atoms with E-state index in [0.29, 0.717) is 13.1 Å². The molecule has 47 heavy (non-hydrogen) atoms. The van der Waals surface area contributed by atoms with Crippen LogP contribution in [0.5, 0.6) is 0 Å². The van der Waals surface area contributed by atoms with Crippen molar-refractivity contribution in [2.45, 2.75) is 220 Å². The maximum absolute atomic E-state index is 11.6. The molecule has 0 aliphatic carbocycles. The van der Waals surface area contributed by atoms with Crippen molar-refractivity contribution in [3.05, 3.63) is 35.9 Å². The quantitative estimate of drug-likeness (QED) is 0.0413. The first-order chi connectivity index (χ1) is 22.7. The van der Waals surface area contributed by atoms with Crippen LogP contribution in [0, 0.1) is 0 Å². The normalized spacial score (nSPS) is 11.0. The fraction of sp³-hybridized carbons (Fsp3) is 0.814. The first kappa shape index (κ1) is 47.9. The second-order valence-corrected chi connectivity index (χ2v) is 14.2. The average Bonchev–Trinajstić information content (AvgIpc) is 3.09. The fourth-order valence-corrected chi connectivity index (χ4v) is 6.43. The van der Waals surface area contributed by atoms with Crippen LogP contribution in [0.25, 0.3) is 0 Å². The summed E-state index contributed by atoms with van der Waals surface area (Å²) >= 11 is 0. The molecule has 4 heteroatoms. The highest BCUT2D eigenvalue weighted by molar-refractivity contribution is 5.55. The lowest BCUT2D eigenvalue weighted by Crippen LogP contribution is -3.00. The van der Waals surface area contributed by atoms with Crippen LogP contribution in [0.1, 0.15) is 219 Å². The minimum absolute atomic E-state index is 0. The molecule has 0 unspecified atom stereocenters. The Morgan fingerprint density at radius 2 is 0.660 bits per heavy atom. The van der Waals surface area contributed by atoms with Crippen LogP contribution < -0.4 is 12.4 Å². The number of hydrogen-bond donors (Lipinski definition) is 0. The molecule has 0 aromatic heterocycles. The summed E-state index contributed by atoms with van der Waals surface area (Å²) in [5.41, 5.74) is 1.04. The molecule has 0 atom stereocenters. The molecule has 0 aliphatic rings. The third-order valence-electron chi connectivity index (χ3n) is 9.62. The Balaban J connectivity index is 0. The lowest BCUT2D eigenvalue weighted by molar-refractivity contribution is -0.774. The molecule has 1 rings (SSSR count). The molecule has 0 N–H and O–H groups in total. The van der Waals surface area contributed by atoms with Crippen LogP contribution in [-0.4, -0.2) is 23.8 Å². The Morgan fingerprint density at radius 3 is 0.915 bits per heavy atom. The summed E-state index contributed by atoms with van der Waals surface area (Å²) < 4.78 is -0.109. The maximum Gasteiger partial charge on any atom is 0.308 e. The molecule has 0 saturated carbocycles. The first-order valence-corrected chi connectivity index (χ1v) is 20.5. The molecular weight excluding hydrogens is 598 g/mol. The second-order valence-electron chi connectivity index (χ2n) is 14.2. The number of imide groups is 1. The summed E-state index contributed by atoms with van der Waals surface area (Å²) in [6, 6.07) is 9.82. The van der Waals surface area contributed by atoms with Crippen LogP contribution in [0.4, 0.5) is 0 Å². The van der Waals surface area contributed by atoms with Gasteiger partial charge in [0.25, 0.3) is 0 Å². The van der Waals surface area contributed by atoms with Gasteiger partial charge in [0.2, 0.25) is 0 Å². The van der Waals surface area contributed by atoms with E-state index in [9.17, 15) is 9.59 Å². The highest BCUT2D eigenvalue weighted by Gasteiger charge is 2.26. The molecule has 0 aliphatic heterocycles. The van der Waals surface area contributed by atoms with Gasteiger partial charge in [-0.05, 0) is 12.8 Å². The fourth-order valence-electron chi connectivity index (χ4n) is 6.43. The summed E-state index contributed by atoms with van der Waals surface area (Å²) in [5, 5.41) is 0. The largest absolute Gasteiger partial charge is 1.00 e. The molecule has 3 nitrogen and oxygen atoms in total. The molecule has 1 aromatic rings. The van der Waals surface area contributed by atoms with Crippen molar-refractivity contribution < 1.29 is 26.5 Å². The van der Waals surface area contributed by atoms with Crippen molar-refractivity contribution in [1.29, 1.82) is 0 Å². The summed E-state index contributed by atoms with van der Waals surface area (Å²) in [6.45, 7) is 7.93. The van der Waals surface area contributed by atoms with Gasteiger partial charge in [-0.1, -0.05) is 231 Å². The van der Waals surface area contributed by atoms with Crippen molar-refractivity contribution in [3.8, 4) is 0 Å². The summed E-state index contributed by atoms with van der Waals surface area (Å²) in [6.07, 6.45) is 43.3. The van der Waals surface area contributed by atoms with Gasteiger partial charge in [-0.2, -0.15) is 4.48 Å². The van der Waals surface area contributed by atoms with E-state index >= 15 is 0 Å². The van der Waals surface area contributed by atoms with Crippen LogP contribution in [-0.2, 0) is 16.1 Å². The highest BCUT2D eigenvalue weighted by atomic mass is 35.5. The number of unbranched alkanes of at least 4 members (excludes halogenated alkanes) is 28. The number of halogens is 1. The second kappa shape index (κ2) is 39.3. The van der Waals surface area contributed by atoms with Crippen molar-refractivity contribution in [2.24, 2.45) is 0 Å². The molecule has 0 bridgehead atoms. The number of benzene rings is 1. The third kappa shape index (κ3) is 33.1. The van der Waals surface area contributed by atoms with E-state index in [1.807, 2.05) is 30.3 Å². The van der Waals surface area contributed by atoms with E-state index in [4.69, 9.17) is 0 Å². The monoisotopic (exact) mass is 678 g/mol. The Bertz CT molecular complexity index is 719. The Morgan fingerprint density at radius 1 is 0.404 bits per heavy atom. The van der Waals surface area contributed by atoms with E-state index in [1.165, 1.54) is 180 Å². The van der Waals surface area contributed by atoms with Crippen molar-refractivity contribution in [1.82, 2.24) is 0 Å². The van der Waals surface area contributed by atoms with Gasteiger partial charge in [-0.3, -0.25) is 0 Å². The van der Waals surface area contributed by atoms with Gasteiger partial charge in [-0.15, -0.1) is 0 Å². The third-order valence-corrected chi connectivity index (χ3v) is 9.62. The van der Waals surface area contributed by atoms with Gasteiger partial charge >= 0.3 is 12.8 Å². The van der Waals surface area contributed by atoms with Crippen molar-refractivity contribution >= 4 is 12.8 Å². The number of amides is 2. The zero-order chi connectivity index (χ0) is 33.7. The van der Waals surface area contributed by atoms with E-state index in [-0.39, 0.29) is 16.9 Å². The zero-order valence-electron chi connectivity index (χ0n) is 31.8. The molecule has 0 fully saturated rings. The molecule has 0 heterocycles. The Labute approximate surface area is 300 Å². The lowest BCUT2D eigenvalue weighted by Gasteiger charge is -2.24. The topological polar surface area (TPSA) is 34.1 Å². The number of carbonyl (C=O) groups is 2. The van der Waals surface area contributed by atoms with Crippen LogP contribution in [0.2, 0.25) is 0 Å². The molecule has 0 spiro atoms. The smallest absolute Gasteiger partial charge is 0.308 e. The molecular formula is C43H80ClNO2. The van der Waals surface area contributed by atoms with Crippen LogP contribution in [0.3, 0.4) is 0 Å². The zero-order valence-corrected chi connectivity index (χ0v) is 32.6. The van der Waals surface area contributed by atoms with Gasteiger partial charge in [0.15, 0.2) is 0 Å². The van der Waals surface area contributed by atoms with Gasteiger partial charge in [0.1, 0.15) is 6.54 Å². The van der Waals surface area contributed by atoms with E-state index < -0.39 is 0 Å². The van der Waals surface area contributed by atoms with Gasteiger partial charge < -0.3 is 12.4 Å². The number of nitrogens with zero attached hydrogens (tertiary/aromatic N) is 1. The lowest BCUT2D eigenvalue weighted by atomic mass is 10.0. The number of rotatable bonds is 34. The number of quaternary nitrogens is 1. The van der Waals surface area contributed by atoms with Crippen molar-refractivity contribution in [3.63, 3.8) is 0 Å². The minimum atomic E-state index is -0.109. The minimum Gasteiger partial charge on any atom is -1.00 e. The summed E-state index contributed by atoms with van der Waals surface area (Å²) in [4.78, 5) is 23.2. The standard InChI is InChI=1S/C27H46NO2.C16H34.ClH/c1-2-3-4-5-6-7-8-9-10-11-12-13-14-15-16-20-23-28(25-29,26-30)24-27-21-18-17-19-22-27;1-3-5-7-9-11-13-15-16-14-12-10-8-6-4-2;/h17-19,21-22,25-26H,2-16,20,23-24H2,1H3;3-16H2,1-2H3;1H/q+1;;/p-1. The first-order valence-electron chi connectivity index (χ1n) is 20.5. The van der Waals surface area contributed by atoms with Crippen molar-refractivity contribution in [2.75, 3.05) is 6.54 Å². The predicted molar refractivity (Wildman–Crippen MR) is 203 cm³/mol. The average molecular weight is 679 g/mol. The molecule has 1 aromatic carbocycles. The van der Waals surface area contributed by atoms with Gasteiger partial charge in [0.05, 0.1) is 6.54 Å². The molecule has 2 amide bonds. The number of hydrogen-bond acceptors (Lipinski definition) is 2. The molecule has 0 radical (unpaired) electrons. The van der Waals surface area contributed by atoms with Gasteiger partial charge in [0, 0.05) is 5.56 Å². The van der Waals surface area contributed by atoms with E-state index in [1.54, 1.807) is 0 Å². The Kier molecular flexibility index (Phi) is 40.0. The van der Waals surface area contributed by atoms with Gasteiger partial charge in [-0.25, -0.2) is 9.59 Å². The number of carbonyl (C=O) groups excluding carboxylic acids is 2.